The van der Waals surface area contributed by atoms with Crippen LogP contribution in [0.2, 0.25) is 0 Å². The standard InChI is InChI=1S/C24H27F3N4O3S/c1-13(17-6-4-5-16(21(17)27)11-20(25)26)28-22-19-12-18(15-7-9-35(32,33)10-8-15)24(34-3)31-23(19)30-14(2)29-22/h4-6,12-13,15,20H,7-11H2,1-3H3,(H,28,29,30,31)/t13-/m1/s1. The third-order valence-corrected chi connectivity index (χ3v) is 8.00. The fourth-order valence-electron chi connectivity index (χ4n) is 4.47. The van der Waals surface area contributed by atoms with Crippen LogP contribution >= 0.6 is 0 Å². The maximum atomic E-state index is 15.0. The second-order valence-corrected chi connectivity index (χ2v) is 11.1. The molecule has 0 spiro atoms. The molecule has 1 aliphatic heterocycles. The molecule has 1 saturated heterocycles. The molecule has 1 fully saturated rings. The third-order valence-electron chi connectivity index (χ3n) is 6.28. The van der Waals surface area contributed by atoms with Crippen molar-refractivity contribution < 1.29 is 26.3 Å². The van der Waals surface area contributed by atoms with E-state index in [0.29, 0.717) is 41.4 Å². The van der Waals surface area contributed by atoms with Crippen LogP contribution in [-0.2, 0) is 16.3 Å². The van der Waals surface area contributed by atoms with Crippen molar-refractivity contribution in [3.8, 4) is 5.88 Å². The number of methoxy groups -OCH3 is 1. The maximum absolute atomic E-state index is 15.0. The van der Waals surface area contributed by atoms with Gasteiger partial charge in [0.05, 0.1) is 30.0 Å². The second kappa shape index (κ2) is 9.96. The van der Waals surface area contributed by atoms with Crippen LogP contribution < -0.4 is 10.1 Å². The second-order valence-electron chi connectivity index (χ2n) is 8.79. The summed E-state index contributed by atoms with van der Waals surface area (Å²) in [4.78, 5) is 13.4. The third kappa shape index (κ3) is 5.50. The first-order valence-corrected chi connectivity index (χ1v) is 13.2. The maximum Gasteiger partial charge on any atom is 0.242 e. The lowest BCUT2D eigenvalue weighted by Gasteiger charge is -2.24. The van der Waals surface area contributed by atoms with Gasteiger partial charge >= 0.3 is 0 Å². The number of halogens is 3. The van der Waals surface area contributed by atoms with Crippen molar-refractivity contribution in [3.63, 3.8) is 0 Å². The van der Waals surface area contributed by atoms with Crippen molar-refractivity contribution in [2.75, 3.05) is 23.9 Å². The lowest BCUT2D eigenvalue weighted by atomic mass is 9.93. The van der Waals surface area contributed by atoms with Crippen molar-refractivity contribution in [3.05, 3.63) is 52.6 Å². The SMILES string of the molecule is COc1nc2nc(C)nc(N[C@H](C)c3cccc(CC(F)F)c3F)c2cc1C1CCS(=O)(=O)CC1. The summed E-state index contributed by atoms with van der Waals surface area (Å²) >= 11 is 0. The van der Waals surface area contributed by atoms with Gasteiger partial charge in [0.1, 0.15) is 27.3 Å². The van der Waals surface area contributed by atoms with Crippen LogP contribution in [0.3, 0.4) is 0 Å². The summed E-state index contributed by atoms with van der Waals surface area (Å²) in [6.45, 7) is 3.42. The summed E-state index contributed by atoms with van der Waals surface area (Å²) in [5.74, 6) is 0.694. The molecule has 35 heavy (non-hydrogen) atoms. The fraction of sp³-hybridized carbons (Fsp3) is 0.458. The number of sulfone groups is 1. The molecule has 0 radical (unpaired) electrons. The molecule has 3 aromatic rings. The molecule has 3 heterocycles. The predicted octanol–water partition coefficient (Wildman–Crippen LogP) is 4.75. The molecule has 1 N–H and O–H groups in total. The summed E-state index contributed by atoms with van der Waals surface area (Å²) < 4.78 is 70.0. The molecule has 7 nitrogen and oxygen atoms in total. The molecule has 0 amide bonds. The van der Waals surface area contributed by atoms with E-state index in [-0.39, 0.29) is 28.6 Å². The number of rotatable bonds is 7. The summed E-state index contributed by atoms with van der Waals surface area (Å²) in [6.07, 6.45) is -2.39. The molecule has 2 aromatic heterocycles. The molecule has 188 valence electrons. The Morgan fingerprint density at radius 3 is 2.54 bits per heavy atom. The average Bonchev–Trinajstić information content (AvgIpc) is 2.79. The Balaban J connectivity index is 1.72. The van der Waals surface area contributed by atoms with Crippen LogP contribution in [0.25, 0.3) is 11.0 Å². The highest BCUT2D eigenvalue weighted by molar-refractivity contribution is 7.91. The normalized spacial score (nSPS) is 17.0. The van der Waals surface area contributed by atoms with Crippen molar-refractivity contribution in [2.24, 2.45) is 0 Å². The number of benzene rings is 1. The van der Waals surface area contributed by atoms with Gasteiger partial charge in [0.2, 0.25) is 12.3 Å². The van der Waals surface area contributed by atoms with Crippen LogP contribution in [-0.4, -0.2) is 48.4 Å². The van der Waals surface area contributed by atoms with Gasteiger partial charge in [0.25, 0.3) is 0 Å². The zero-order valence-corrected chi connectivity index (χ0v) is 20.5. The number of nitrogens with one attached hydrogen (secondary N) is 1. The van der Waals surface area contributed by atoms with Gasteiger partial charge in [-0.25, -0.2) is 31.6 Å². The van der Waals surface area contributed by atoms with E-state index in [1.807, 2.05) is 6.07 Å². The first kappa shape index (κ1) is 25.2. The number of fused-ring (bicyclic) bond motifs is 1. The number of hydrogen-bond acceptors (Lipinski definition) is 7. The zero-order valence-electron chi connectivity index (χ0n) is 19.7. The zero-order chi connectivity index (χ0) is 25.3. The highest BCUT2D eigenvalue weighted by Crippen LogP contribution is 2.37. The van der Waals surface area contributed by atoms with Gasteiger partial charge in [-0.1, -0.05) is 18.2 Å². The highest BCUT2D eigenvalue weighted by Gasteiger charge is 2.28. The highest BCUT2D eigenvalue weighted by atomic mass is 32.2. The molecule has 4 rings (SSSR count). The number of hydrogen-bond donors (Lipinski definition) is 1. The minimum Gasteiger partial charge on any atom is -0.481 e. The number of pyridine rings is 1. The molecule has 11 heteroatoms. The van der Waals surface area contributed by atoms with Crippen LogP contribution in [0.4, 0.5) is 19.0 Å². The first-order chi connectivity index (χ1) is 16.6. The van der Waals surface area contributed by atoms with E-state index in [2.05, 4.69) is 20.3 Å². The lowest BCUT2D eigenvalue weighted by molar-refractivity contribution is 0.147. The molecular weight excluding hydrogens is 481 g/mol. The predicted molar refractivity (Wildman–Crippen MR) is 127 cm³/mol. The van der Waals surface area contributed by atoms with Crippen LogP contribution in [0.1, 0.15) is 54.2 Å². The Kier molecular flexibility index (Phi) is 7.16. The Morgan fingerprint density at radius 1 is 1.17 bits per heavy atom. The van der Waals surface area contributed by atoms with E-state index in [9.17, 15) is 21.6 Å². The number of ether oxygens (including phenoxy) is 1. The van der Waals surface area contributed by atoms with Crippen molar-refractivity contribution >= 4 is 26.7 Å². The number of alkyl halides is 2. The molecule has 0 saturated carbocycles. The largest absolute Gasteiger partial charge is 0.481 e. The Morgan fingerprint density at radius 2 is 1.89 bits per heavy atom. The smallest absolute Gasteiger partial charge is 0.242 e. The summed E-state index contributed by atoms with van der Waals surface area (Å²) in [5, 5.41) is 3.77. The van der Waals surface area contributed by atoms with Crippen molar-refractivity contribution in [1.29, 1.82) is 0 Å². The topological polar surface area (TPSA) is 94.1 Å². The fourth-order valence-corrected chi connectivity index (χ4v) is 5.96. The van der Waals surface area contributed by atoms with Crippen LogP contribution in [0.15, 0.2) is 24.3 Å². The van der Waals surface area contributed by atoms with E-state index in [4.69, 9.17) is 4.74 Å². The van der Waals surface area contributed by atoms with Gasteiger partial charge in [-0.3, -0.25) is 0 Å². The van der Waals surface area contributed by atoms with E-state index in [1.165, 1.54) is 13.2 Å². The van der Waals surface area contributed by atoms with E-state index in [0.717, 1.165) is 5.56 Å². The molecular formula is C24H27F3N4O3S. The van der Waals surface area contributed by atoms with Gasteiger partial charge in [-0.05, 0) is 44.2 Å². The van der Waals surface area contributed by atoms with Gasteiger partial charge in [-0.2, -0.15) is 4.98 Å². The molecule has 0 aliphatic carbocycles. The number of aromatic nitrogens is 3. The molecule has 0 bridgehead atoms. The number of nitrogens with zero attached hydrogens (tertiary/aromatic N) is 3. The molecule has 1 aromatic carbocycles. The Hall–Kier alpha value is -2.95. The molecule has 0 unspecified atom stereocenters. The molecule has 1 atom stereocenters. The van der Waals surface area contributed by atoms with Gasteiger partial charge in [0.15, 0.2) is 5.65 Å². The van der Waals surface area contributed by atoms with Crippen LogP contribution in [0, 0.1) is 12.7 Å². The van der Waals surface area contributed by atoms with E-state index in [1.54, 1.807) is 26.0 Å². The van der Waals surface area contributed by atoms with Gasteiger partial charge in [-0.15, -0.1) is 0 Å². The van der Waals surface area contributed by atoms with Gasteiger partial charge in [0, 0.05) is 17.5 Å². The monoisotopic (exact) mass is 508 g/mol. The number of anilines is 1. The first-order valence-electron chi connectivity index (χ1n) is 11.3. The summed E-state index contributed by atoms with van der Waals surface area (Å²) in [5.41, 5.74) is 1.34. The minimum atomic E-state index is -3.04. The van der Waals surface area contributed by atoms with Crippen molar-refractivity contribution in [2.45, 2.75) is 51.5 Å². The Labute approximate surface area is 202 Å². The summed E-state index contributed by atoms with van der Waals surface area (Å²) in [7, 11) is -1.54. The molecule has 1 aliphatic rings. The van der Waals surface area contributed by atoms with Crippen LogP contribution in [0.5, 0.6) is 5.88 Å². The van der Waals surface area contributed by atoms with E-state index < -0.39 is 34.5 Å². The average molecular weight is 509 g/mol. The van der Waals surface area contributed by atoms with Crippen molar-refractivity contribution in [1.82, 2.24) is 15.0 Å². The quantitative estimate of drug-likeness (QED) is 0.492. The lowest BCUT2D eigenvalue weighted by Crippen LogP contribution is -2.22. The minimum absolute atomic E-state index is 0.0455. The Bertz CT molecular complexity index is 1340. The summed E-state index contributed by atoms with van der Waals surface area (Å²) in [6, 6.07) is 5.72. The number of aryl methyl sites for hydroxylation is 1. The van der Waals surface area contributed by atoms with E-state index >= 15 is 0 Å². The van der Waals surface area contributed by atoms with Gasteiger partial charge < -0.3 is 10.1 Å².